The molecule has 0 aliphatic rings. The number of carbonyl (C=O) groups is 3. The van der Waals surface area contributed by atoms with E-state index in [4.69, 9.17) is 14.2 Å². The van der Waals surface area contributed by atoms with Gasteiger partial charge in [0.05, 0.1) is 0 Å². The summed E-state index contributed by atoms with van der Waals surface area (Å²) in [5, 5.41) is 0. The molecule has 0 aromatic carbocycles. The summed E-state index contributed by atoms with van der Waals surface area (Å²) in [6, 6.07) is 0. The number of unbranched alkanes of at least 4 members (excludes halogenated alkanes) is 24. The highest BCUT2D eigenvalue weighted by Gasteiger charge is 2.19. The molecule has 1 atom stereocenters. The molecule has 6 heteroatoms. The van der Waals surface area contributed by atoms with Crippen LogP contribution in [0.4, 0.5) is 0 Å². The summed E-state index contributed by atoms with van der Waals surface area (Å²) >= 11 is 0. The zero-order valence-electron chi connectivity index (χ0n) is 50.6. The number of ether oxygens (including phenoxy) is 3. The van der Waals surface area contributed by atoms with Gasteiger partial charge < -0.3 is 14.2 Å². The lowest BCUT2D eigenvalue weighted by molar-refractivity contribution is -0.167. The first-order chi connectivity index (χ1) is 38.5. The number of carbonyl (C=O) groups excluding carboxylic acids is 3. The molecule has 0 aliphatic heterocycles. The van der Waals surface area contributed by atoms with Gasteiger partial charge >= 0.3 is 17.9 Å². The summed E-state index contributed by atoms with van der Waals surface area (Å²) < 4.78 is 16.9. The molecular weight excluding hydrogens is 961 g/mol. The van der Waals surface area contributed by atoms with Crippen LogP contribution in [0.5, 0.6) is 0 Å². The molecule has 6 nitrogen and oxygen atoms in total. The average molecular weight is 1080 g/mol. The molecule has 0 spiro atoms. The van der Waals surface area contributed by atoms with Crippen molar-refractivity contribution in [2.75, 3.05) is 13.2 Å². The predicted octanol–water partition coefficient (Wildman–Crippen LogP) is 22.2. The Morgan fingerprint density at radius 3 is 0.846 bits per heavy atom. The maximum atomic E-state index is 12.9. The third-order valence-corrected chi connectivity index (χ3v) is 13.4. The summed E-state index contributed by atoms with van der Waals surface area (Å²) in [7, 11) is 0. The van der Waals surface area contributed by atoms with Gasteiger partial charge in [0.25, 0.3) is 0 Å². The van der Waals surface area contributed by atoms with Gasteiger partial charge in [0.15, 0.2) is 6.10 Å². The molecule has 0 aromatic rings. The van der Waals surface area contributed by atoms with Gasteiger partial charge in [-0.1, -0.05) is 270 Å². The van der Waals surface area contributed by atoms with Crippen LogP contribution in [-0.4, -0.2) is 37.2 Å². The first kappa shape index (κ1) is 73.5. The van der Waals surface area contributed by atoms with Gasteiger partial charge in [-0.25, -0.2) is 0 Å². The van der Waals surface area contributed by atoms with Crippen molar-refractivity contribution in [1.82, 2.24) is 0 Å². The molecule has 0 aromatic heterocycles. The smallest absolute Gasteiger partial charge is 0.306 e. The van der Waals surface area contributed by atoms with E-state index in [1.807, 2.05) is 0 Å². The molecule has 442 valence electrons. The van der Waals surface area contributed by atoms with Crippen LogP contribution < -0.4 is 0 Å². The molecule has 0 fully saturated rings. The molecule has 0 bridgehead atoms. The lowest BCUT2D eigenvalue weighted by Crippen LogP contribution is -2.30. The van der Waals surface area contributed by atoms with Crippen LogP contribution in [0.1, 0.15) is 284 Å². The molecule has 0 rings (SSSR count). The van der Waals surface area contributed by atoms with Gasteiger partial charge in [-0.05, 0) is 128 Å². The van der Waals surface area contributed by atoms with Crippen molar-refractivity contribution >= 4 is 17.9 Å². The van der Waals surface area contributed by atoms with E-state index in [1.165, 1.54) is 122 Å². The molecule has 0 saturated carbocycles. The topological polar surface area (TPSA) is 78.9 Å². The Hall–Kier alpha value is -4.45. The normalized spacial score (nSPS) is 13.0. The van der Waals surface area contributed by atoms with Crippen LogP contribution in [0.25, 0.3) is 0 Å². The van der Waals surface area contributed by atoms with Crippen LogP contribution in [0.3, 0.4) is 0 Å². The minimum absolute atomic E-state index is 0.104. The maximum Gasteiger partial charge on any atom is 0.306 e. The first-order valence-electron chi connectivity index (χ1n) is 32.2. The third-order valence-electron chi connectivity index (χ3n) is 13.4. The Labute approximate surface area is 481 Å². The number of rotatable bonds is 57. The highest BCUT2D eigenvalue weighted by atomic mass is 16.6. The molecule has 0 amide bonds. The van der Waals surface area contributed by atoms with Gasteiger partial charge in [-0.3, -0.25) is 14.4 Å². The van der Waals surface area contributed by atoms with E-state index in [2.05, 4.69) is 154 Å². The summed E-state index contributed by atoms with van der Waals surface area (Å²) in [6.07, 6.45) is 91.7. The minimum Gasteiger partial charge on any atom is -0.462 e. The summed E-state index contributed by atoms with van der Waals surface area (Å²) in [5.74, 6) is -0.971. The molecule has 0 saturated heterocycles. The van der Waals surface area contributed by atoms with Crippen LogP contribution in [0.15, 0.2) is 134 Å². The summed E-state index contributed by atoms with van der Waals surface area (Å²) in [6.45, 7) is 6.37. The van der Waals surface area contributed by atoms with Crippen molar-refractivity contribution in [2.45, 2.75) is 290 Å². The Kier molecular flexibility index (Phi) is 61.4. The number of hydrogen-bond donors (Lipinski definition) is 0. The summed E-state index contributed by atoms with van der Waals surface area (Å²) in [4.78, 5) is 38.3. The minimum atomic E-state index is -0.812. The fraction of sp³-hybridized carbons (Fsp3) is 0.653. The fourth-order valence-electron chi connectivity index (χ4n) is 8.62. The highest BCUT2D eigenvalue weighted by molar-refractivity contribution is 5.71. The molecule has 0 N–H and O–H groups in total. The van der Waals surface area contributed by atoms with Gasteiger partial charge in [0.1, 0.15) is 13.2 Å². The van der Waals surface area contributed by atoms with Gasteiger partial charge in [0, 0.05) is 19.3 Å². The third kappa shape index (κ3) is 62.4. The average Bonchev–Trinajstić information content (AvgIpc) is 3.44. The zero-order chi connectivity index (χ0) is 56.4. The quantitative estimate of drug-likeness (QED) is 0.0261. The van der Waals surface area contributed by atoms with Crippen molar-refractivity contribution in [3.05, 3.63) is 134 Å². The van der Waals surface area contributed by atoms with E-state index in [0.717, 1.165) is 116 Å². The zero-order valence-corrected chi connectivity index (χ0v) is 50.6. The Balaban J connectivity index is 4.45. The SMILES string of the molecule is CC/C=C\C/C=C\C/C=C\C/C=C\C/C=C\CCCCCCCCCCCC(=O)OCC(COC(=O)CCC/C=C\C/C=C\C/C=C\C/C=C\C/C=C\CC)OC(=O)CCCCCCCCC/C=C\CCCCCCCCC. The molecular formula is C72H118O6. The van der Waals surface area contributed by atoms with E-state index >= 15 is 0 Å². The Morgan fingerprint density at radius 2 is 0.513 bits per heavy atom. The number of allylic oxidation sites excluding steroid dienone is 22. The van der Waals surface area contributed by atoms with Gasteiger partial charge in [-0.15, -0.1) is 0 Å². The monoisotopic (exact) mass is 1080 g/mol. The van der Waals surface area contributed by atoms with Gasteiger partial charge in [0.2, 0.25) is 0 Å². The van der Waals surface area contributed by atoms with E-state index in [-0.39, 0.29) is 37.5 Å². The second-order valence-corrected chi connectivity index (χ2v) is 20.9. The molecule has 0 aliphatic carbocycles. The number of hydrogen-bond acceptors (Lipinski definition) is 6. The van der Waals surface area contributed by atoms with E-state index in [9.17, 15) is 14.4 Å². The Bertz CT molecular complexity index is 1670. The largest absolute Gasteiger partial charge is 0.462 e. The molecule has 0 radical (unpaired) electrons. The van der Waals surface area contributed by atoms with Crippen LogP contribution in [-0.2, 0) is 28.6 Å². The first-order valence-corrected chi connectivity index (χ1v) is 32.2. The van der Waals surface area contributed by atoms with Crippen LogP contribution in [0.2, 0.25) is 0 Å². The lowest BCUT2D eigenvalue weighted by Gasteiger charge is -2.18. The molecule has 0 heterocycles. The molecule has 1 unspecified atom stereocenters. The van der Waals surface area contributed by atoms with E-state index in [1.54, 1.807) is 0 Å². The highest BCUT2D eigenvalue weighted by Crippen LogP contribution is 2.15. The Morgan fingerprint density at radius 1 is 0.269 bits per heavy atom. The maximum absolute atomic E-state index is 12.9. The van der Waals surface area contributed by atoms with Crippen LogP contribution in [0, 0.1) is 0 Å². The van der Waals surface area contributed by atoms with Crippen molar-refractivity contribution in [2.24, 2.45) is 0 Å². The van der Waals surface area contributed by atoms with E-state index < -0.39 is 6.10 Å². The van der Waals surface area contributed by atoms with Crippen molar-refractivity contribution in [3.8, 4) is 0 Å². The second-order valence-electron chi connectivity index (χ2n) is 20.9. The second kappa shape index (κ2) is 65.1. The van der Waals surface area contributed by atoms with E-state index in [0.29, 0.717) is 19.3 Å². The van der Waals surface area contributed by atoms with Crippen molar-refractivity contribution in [1.29, 1.82) is 0 Å². The standard InChI is InChI=1S/C72H118O6/c1-4-7-10-13-16-19-22-25-28-31-33-34-35-36-37-38-39-42-44-47-50-53-56-59-62-65-71(74)77-68-69(67-76-70(73)64-61-58-55-52-49-46-43-40-30-27-24-21-18-15-12-9-6-3)78-72(75)66-63-60-57-54-51-48-45-41-32-29-26-23-20-17-14-11-8-5-2/h7,9-10,12,16,18-19,21,25,27-30,32-34,36-37,43,46,52,55,69H,4-6,8,11,13-15,17,20,22-24,26,31,35,38-42,44-45,47-51,53-54,56-68H2,1-3H3/b10-7-,12-9-,19-16-,21-18-,28-25-,30-27-,32-29-,34-33-,37-36-,46-43-,55-52-. The van der Waals surface area contributed by atoms with Crippen molar-refractivity contribution in [3.63, 3.8) is 0 Å². The number of esters is 3. The molecule has 78 heavy (non-hydrogen) atoms. The van der Waals surface area contributed by atoms with Crippen LogP contribution >= 0.6 is 0 Å². The lowest BCUT2D eigenvalue weighted by atomic mass is 10.1. The fourth-order valence-corrected chi connectivity index (χ4v) is 8.62. The van der Waals surface area contributed by atoms with Gasteiger partial charge in [-0.2, -0.15) is 0 Å². The predicted molar refractivity (Wildman–Crippen MR) is 339 cm³/mol. The summed E-state index contributed by atoms with van der Waals surface area (Å²) in [5.41, 5.74) is 0. The van der Waals surface area contributed by atoms with Crippen molar-refractivity contribution < 1.29 is 28.6 Å².